The number of ether oxygens (including phenoxy) is 1. The highest BCUT2D eigenvalue weighted by Gasteiger charge is 2.22. The van der Waals surface area contributed by atoms with Crippen molar-refractivity contribution in [2.45, 2.75) is 26.8 Å². The van der Waals surface area contributed by atoms with Gasteiger partial charge in [0, 0.05) is 19.6 Å². The van der Waals surface area contributed by atoms with Crippen LogP contribution in [0.15, 0.2) is 23.4 Å². The summed E-state index contributed by atoms with van der Waals surface area (Å²) in [5.74, 6) is 2.16. The summed E-state index contributed by atoms with van der Waals surface area (Å²) in [6.07, 6.45) is 1.30. The molecule has 1 aliphatic rings. The predicted octanol–water partition coefficient (Wildman–Crippen LogP) is 2.27. The highest BCUT2D eigenvalue weighted by Crippen LogP contribution is 2.24. The Morgan fingerprint density at radius 2 is 2.05 bits per heavy atom. The molecular formula is C16H25N3O2. The molecule has 0 bridgehead atoms. The van der Waals surface area contributed by atoms with Crippen molar-refractivity contribution in [3.63, 3.8) is 0 Å². The highest BCUT2D eigenvalue weighted by molar-refractivity contribution is 5.99. The van der Waals surface area contributed by atoms with Gasteiger partial charge in [0.05, 0.1) is 12.7 Å². The van der Waals surface area contributed by atoms with Crippen molar-refractivity contribution < 1.29 is 9.94 Å². The first-order valence-electron chi connectivity index (χ1n) is 7.40. The van der Waals surface area contributed by atoms with Crippen LogP contribution in [0.3, 0.4) is 0 Å². The normalized spacial score (nSPS) is 24.0. The number of benzene rings is 1. The number of piperidine rings is 1. The molecule has 0 saturated carbocycles. The van der Waals surface area contributed by atoms with Crippen molar-refractivity contribution in [2.24, 2.45) is 22.7 Å². The second kappa shape index (κ2) is 6.80. The second-order valence-corrected chi connectivity index (χ2v) is 6.16. The predicted molar refractivity (Wildman–Crippen MR) is 83.7 cm³/mol. The van der Waals surface area contributed by atoms with Crippen LogP contribution >= 0.6 is 0 Å². The lowest BCUT2D eigenvalue weighted by molar-refractivity contribution is 0.134. The van der Waals surface area contributed by atoms with E-state index in [1.807, 2.05) is 18.2 Å². The van der Waals surface area contributed by atoms with E-state index >= 15 is 0 Å². The largest absolute Gasteiger partial charge is 0.496 e. The van der Waals surface area contributed by atoms with Crippen molar-refractivity contribution in [1.29, 1.82) is 0 Å². The Balaban J connectivity index is 2.17. The Morgan fingerprint density at radius 1 is 1.38 bits per heavy atom. The molecule has 1 aromatic rings. The number of likely N-dealkylation sites (tertiary alicyclic amines) is 1. The number of hydrogen-bond donors (Lipinski definition) is 2. The van der Waals surface area contributed by atoms with E-state index < -0.39 is 0 Å². The molecule has 3 N–H and O–H groups in total. The maximum absolute atomic E-state index is 8.89. The summed E-state index contributed by atoms with van der Waals surface area (Å²) in [5, 5.41) is 12.0. The van der Waals surface area contributed by atoms with Gasteiger partial charge in [-0.2, -0.15) is 0 Å². The minimum Gasteiger partial charge on any atom is -0.496 e. The Bertz CT molecular complexity index is 506. The molecule has 1 aromatic carbocycles. The average molecular weight is 291 g/mol. The van der Waals surface area contributed by atoms with Crippen molar-refractivity contribution in [3.05, 3.63) is 29.3 Å². The number of nitrogens with zero attached hydrogens (tertiary/aromatic N) is 2. The van der Waals surface area contributed by atoms with Gasteiger partial charge in [0.15, 0.2) is 5.84 Å². The molecule has 0 amide bonds. The molecule has 2 atom stereocenters. The molecular weight excluding hydrogens is 266 g/mol. The molecule has 1 heterocycles. The van der Waals surface area contributed by atoms with E-state index in [1.54, 1.807) is 7.11 Å². The summed E-state index contributed by atoms with van der Waals surface area (Å²) in [6.45, 7) is 7.73. The fourth-order valence-corrected chi connectivity index (χ4v) is 3.29. The maximum Gasteiger partial charge on any atom is 0.173 e. The Labute approximate surface area is 126 Å². The standard InChI is InChI=1S/C16H25N3O2/c1-11-6-12(2)9-19(8-11)10-13-4-5-15(21-3)14(7-13)16(17)18-20/h4-5,7,11-12,20H,6,8-10H2,1-3H3,(H2,17,18). The molecule has 0 aliphatic carbocycles. The van der Waals surface area contributed by atoms with E-state index in [9.17, 15) is 0 Å². The van der Waals surface area contributed by atoms with E-state index in [4.69, 9.17) is 15.7 Å². The van der Waals surface area contributed by atoms with Gasteiger partial charge < -0.3 is 15.7 Å². The fourth-order valence-electron chi connectivity index (χ4n) is 3.29. The minimum absolute atomic E-state index is 0.0779. The lowest BCUT2D eigenvalue weighted by Crippen LogP contribution is -2.38. The summed E-state index contributed by atoms with van der Waals surface area (Å²) < 4.78 is 5.26. The van der Waals surface area contributed by atoms with E-state index in [0.29, 0.717) is 11.3 Å². The number of methoxy groups -OCH3 is 1. The molecule has 0 aromatic heterocycles. The van der Waals surface area contributed by atoms with Crippen LogP contribution in [0, 0.1) is 11.8 Å². The zero-order valence-corrected chi connectivity index (χ0v) is 13.0. The van der Waals surface area contributed by atoms with E-state index in [2.05, 4.69) is 23.9 Å². The molecule has 21 heavy (non-hydrogen) atoms. The molecule has 1 saturated heterocycles. The maximum atomic E-state index is 8.89. The molecule has 2 unspecified atom stereocenters. The van der Waals surface area contributed by atoms with Crippen molar-refractivity contribution in [1.82, 2.24) is 4.90 Å². The van der Waals surface area contributed by atoms with Gasteiger partial charge in [0.2, 0.25) is 0 Å². The molecule has 2 rings (SSSR count). The highest BCUT2D eigenvalue weighted by atomic mass is 16.5. The van der Waals surface area contributed by atoms with Crippen LogP contribution < -0.4 is 10.5 Å². The second-order valence-electron chi connectivity index (χ2n) is 6.16. The van der Waals surface area contributed by atoms with Crippen molar-refractivity contribution >= 4 is 5.84 Å². The van der Waals surface area contributed by atoms with Gasteiger partial charge in [-0.15, -0.1) is 0 Å². The smallest absolute Gasteiger partial charge is 0.173 e. The SMILES string of the molecule is COc1ccc(CN2CC(C)CC(C)C2)cc1C(N)=NO. The van der Waals surface area contributed by atoms with Crippen LogP contribution in [0.25, 0.3) is 0 Å². The first kappa shape index (κ1) is 15.6. The molecule has 116 valence electrons. The molecule has 5 heteroatoms. The lowest BCUT2D eigenvalue weighted by Gasteiger charge is -2.35. The summed E-state index contributed by atoms with van der Waals surface area (Å²) in [6, 6.07) is 5.86. The number of rotatable bonds is 4. The van der Waals surface area contributed by atoms with Crippen molar-refractivity contribution in [2.75, 3.05) is 20.2 Å². The van der Waals surface area contributed by atoms with Crippen molar-refractivity contribution in [3.8, 4) is 5.75 Å². The summed E-state index contributed by atoms with van der Waals surface area (Å²) in [5.41, 5.74) is 7.51. The van der Waals surface area contributed by atoms with Gasteiger partial charge in [-0.1, -0.05) is 25.1 Å². The molecule has 5 nitrogen and oxygen atoms in total. The van der Waals surface area contributed by atoms with Gasteiger partial charge in [0.1, 0.15) is 5.75 Å². The first-order chi connectivity index (χ1) is 10.0. The van der Waals surface area contributed by atoms with Crippen LogP contribution in [0.4, 0.5) is 0 Å². The van der Waals surface area contributed by atoms with Crippen LogP contribution in [0.5, 0.6) is 5.75 Å². The quantitative estimate of drug-likeness (QED) is 0.386. The third-order valence-corrected chi connectivity index (χ3v) is 4.00. The Hall–Kier alpha value is -1.75. The van der Waals surface area contributed by atoms with Gasteiger partial charge in [-0.25, -0.2) is 0 Å². The Morgan fingerprint density at radius 3 is 2.62 bits per heavy atom. The van der Waals surface area contributed by atoms with Gasteiger partial charge in [-0.3, -0.25) is 4.90 Å². The van der Waals surface area contributed by atoms with Crippen LogP contribution in [-0.2, 0) is 6.54 Å². The summed E-state index contributed by atoms with van der Waals surface area (Å²) in [4.78, 5) is 2.47. The third kappa shape index (κ3) is 3.88. The summed E-state index contributed by atoms with van der Waals surface area (Å²) >= 11 is 0. The van der Waals surface area contributed by atoms with E-state index in [-0.39, 0.29) is 5.84 Å². The topological polar surface area (TPSA) is 71.1 Å². The molecule has 0 radical (unpaired) electrons. The average Bonchev–Trinajstić information content (AvgIpc) is 2.45. The number of oxime groups is 1. The fraction of sp³-hybridized carbons (Fsp3) is 0.562. The Kier molecular flexibility index (Phi) is 5.07. The summed E-state index contributed by atoms with van der Waals surface area (Å²) in [7, 11) is 1.58. The number of nitrogens with two attached hydrogens (primary N) is 1. The monoisotopic (exact) mass is 291 g/mol. The zero-order chi connectivity index (χ0) is 15.4. The van der Waals surface area contributed by atoms with Gasteiger partial charge in [-0.05, 0) is 36.0 Å². The van der Waals surface area contributed by atoms with Gasteiger partial charge in [0.25, 0.3) is 0 Å². The number of amidine groups is 1. The van der Waals surface area contributed by atoms with Crippen LogP contribution in [0.1, 0.15) is 31.4 Å². The molecule has 1 fully saturated rings. The van der Waals surface area contributed by atoms with Crippen LogP contribution in [0.2, 0.25) is 0 Å². The first-order valence-corrected chi connectivity index (χ1v) is 7.40. The molecule has 0 spiro atoms. The molecule has 1 aliphatic heterocycles. The lowest BCUT2D eigenvalue weighted by atomic mass is 9.91. The number of hydrogen-bond acceptors (Lipinski definition) is 4. The zero-order valence-electron chi connectivity index (χ0n) is 13.0. The van der Waals surface area contributed by atoms with Gasteiger partial charge >= 0.3 is 0 Å². The van der Waals surface area contributed by atoms with E-state index in [0.717, 1.165) is 37.0 Å². The minimum atomic E-state index is 0.0779. The third-order valence-electron chi connectivity index (χ3n) is 4.00. The van der Waals surface area contributed by atoms with E-state index in [1.165, 1.54) is 6.42 Å². The van der Waals surface area contributed by atoms with Crippen LogP contribution in [-0.4, -0.2) is 36.1 Å².